The predicted octanol–water partition coefficient (Wildman–Crippen LogP) is 4.21. The molecular weight excluding hydrogens is 402 g/mol. The van der Waals surface area contributed by atoms with Crippen LogP contribution in [0, 0.1) is 0 Å². The Morgan fingerprint density at radius 3 is 2.72 bits per heavy atom. The molecular formula is C26H33N3O3. The first kappa shape index (κ1) is 22.3. The zero-order valence-corrected chi connectivity index (χ0v) is 19.2. The molecule has 1 aliphatic heterocycles. The summed E-state index contributed by atoms with van der Waals surface area (Å²) in [5, 5.41) is 0. The first-order chi connectivity index (χ1) is 15.5. The van der Waals surface area contributed by atoms with Crippen molar-refractivity contribution >= 4 is 12.0 Å². The molecule has 170 valence electrons. The van der Waals surface area contributed by atoms with Crippen LogP contribution in [0.3, 0.4) is 0 Å². The number of fused-ring (bicyclic) bond motifs is 1. The van der Waals surface area contributed by atoms with E-state index in [2.05, 4.69) is 42.8 Å². The molecule has 32 heavy (non-hydrogen) atoms. The number of aromatic nitrogens is 2. The lowest BCUT2D eigenvalue weighted by molar-refractivity contribution is 0.0735. The van der Waals surface area contributed by atoms with Gasteiger partial charge in [-0.3, -0.25) is 9.59 Å². The van der Waals surface area contributed by atoms with Gasteiger partial charge >= 0.3 is 5.56 Å². The Balaban J connectivity index is 1.79. The Labute approximate surface area is 189 Å². The average Bonchev–Trinajstić information content (AvgIpc) is 3.28. The molecule has 2 aliphatic rings. The second-order valence-corrected chi connectivity index (χ2v) is 9.09. The summed E-state index contributed by atoms with van der Waals surface area (Å²) in [5.41, 5.74) is 2.20. The van der Waals surface area contributed by atoms with Crippen LogP contribution in [0.1, 0.15) is 72.9 Å². The third-order valence-corrected chi connectivity index (χ3v) is 6.97. The monoisotopic (exact) mass is 435 g/mol. The highest BCUT2D eigenvalue weighted by atomic mass is 16.5. The van der Waals surface area contributed by atoms with Gasteiger partial charge in [0.2, 0.25) is 5.75 Å². The van der Waals surface area contributed by atoms with Crippen molar-refractivity contribution in [2.24, 2.45) is 0 Å². The van der Waals surface area contributed by atoms with Crippen LogP contribution in [0.25, 0.3) is 6.08 Å². The van der Waals surface area contributed by atoms with Gasteiger partial charge in [0, 0.05) is 32.0 Å². The van der Waals surface area contributed by atoms with Gasteiger partial charge in [0.25, 0.3) is 5.91 Å². The Morgan fingerprint density at radius 2 is 2.00 bits per heavy atom. The van der Waals surface area contributed by atoms with E-state index in [1.165, 1.54) is 5.56 Å². The fourth-order valence-electron chi connectivity index (χ4n) is 5.07. The minimum atomic E-state index is -0.431. The fourth-order valence-corrected chi connectivity index (χ4v) is 5.07. The van der Waals surface area contributed by atoms with Crippen molar-refractivity contribution in [1.82, 2.24) is 14.5 Å². The molecule has 4 rings (SSSR count). The van der Waals surface area contributed by atoms with Crippen LogP contribution >= 0.6 is 0 Å². The summed E-state index contributed by atoms with van der Waals surface area (Å²) in [5.74, 6) is 0.630. The molecule has 6 nitrogen and oxygen atoms in total. The third kappa shape index (κ3) is 4.10. The molecule has 1 amide bonds. The van der Waals surface area contributed by atoms with Gasteiger partial charge in [-0.1, -0.05) is 63.1 Å². The molecule has 2 heterocycles. The number of amides is 1. The Kier molecular flexibility index (Phi) is 6.49. The molecule has 0 unspecified atom stereocenters. The molecule has 1 fully saturated rings. The normalized spacial score (nSPS) is 17.3. The Bertz CT molecular complexity index is 1070. The first-order valence-electron chi connectivity index (χ1n) is 11.7. The summed E-state index contributed by atoms with van der Waals surface area (Å²) in [4.78, 5) is 32.3. The lowest BCUT2D eigenvalue weighted by Gasteiger charge is -2.34. The number of nitrogens with zero attached hydrogens (tertiary/aromatic N) is 3. The minimum Gasteiger partial charge on any atom is -0.486 e. The van der Waals surface area contributed by atoms with Crippen molar-refractivity contribution < 1.29 is 9.53 Å². The summed E-state index contributed by atoms with van der Waals surface area (Å²) in [7, 11) is 1.77. The van der Waals surface area contributed by atoms with Gasteiger partial charge in [-0.05, 0) is 30.4 Å². The molecule has 0 spiro atoms. The highest BCUT2D eigenvalue weighted by Crippen LogP contribution is 2.44. The van der Waals surface area contributed by atoms with E-state index in [9.17, 15) is 9.59 Å². The van der Waals surface area contributed by atoms with Gasteiger partial charge in [-0.25, -0.2) is 0 Å². The maximum atomic E-state index is 13.1. The van der Waals surface area contributed by atoms with E-state index in [1.54, 1.807) is 11.9 Å². The number of ether oxygens (including phenoxy) is 1. The standard InChI is InChI=1S/C26H33N3O3/c1-4-6-16-32-23-22-25(31)28(3)14-15-29(22)21(27-24(23)30)18-26(12-7-8-13-26)20-11-9-10-19(5-2)17-20/h5,9-11,17H,2,4,6-8,12-16,18H2,1,3H3. The molecule has 1 aromatic heterocycles. The fraction of sp³-hybridized carbons (Fsp3) is 0.500. The summed E-state index contributed by atoms with van der Waals surface area (Å²) >= 11 is 0. The van der Waals surface area contributed by atoms with Crippen LogP contribution in [0.15, 0.2) is 35.6 Å². The number of hydrogen-bond acceptors (Lipinski definition) is 4. The lowest BCUT2D eigenvalue weighted by Crippen LogP contribution is -2.42. The van der Waals surface area contributed by atoms with Gasteiger partial charge in [0.15, 0.2) is 5.69 Å². The quantitative estimate of drug-likeness (QED) is 0.583. The maximum Gasteiger partial charge on any atom is 0.316 e. The number of unbranched alkanes of at least 4 members (excludes halogenated alkanes) is 1. The van der Waals surface area contributed by atoms with E-state index in [-0.39, 0.29) is 17.1 Å². The molecule has 0 radical (unpaired) electrons. The van der Waals surface area contributed by atoms with E-state index >= 15 is 0 Å². The summed E-state index contributed by atoms with van der Waals surface area (Å²) in [6.45, 7) is 7.60. The molecule has 1 aliphatic carbocycles. The van der Waals surface area contributed by atoms with E-state index in [1.807, 2.05) is 10.6 Å². The highest BCUT2D eigenvalue weighted by Gasteiger charge is 2.39. The number of rotatable bonds is 8. The third-order valence-electron chi connectivity index (χ3n) is 6.97. The zero-order valence-electron chi connectivity index (χ0n) is 19.2. The summed E-state index contributed by atoms with van der Waals surface area (Å²) < 4.78 is 7.75. The van der Waals surface area contributed by atoms with Gasteiger partial charge in [0.05, 0.1) is 6.61 Å². The maximum absolute atomic E-state index is 13.1. The largest absolute Gasteiger partial charge is 0.486 e. The summed E-state index contributed by atoms with van der Waals surface area (Å²) in [6.07, 6.45) is 8.67. The van der Waals surface area contributed by atoms with Gasteiger partial charge in [0.1, 0.15) is 5.82 Å². The molecule has 1 aromatic carbocycles. The molecule has 0 bridgehead atoms. The SMILES string of the molecule is C=Cc1cccc(C2(Cc3nc(=O)c(OCCCC)c4n3CCN(C)C4=O)CCCC2)c1. The van der Waals surface area contributed by atoms with E-state index < -0.39 is 5.56 Å². The van der Waals surface area contributed by atoms with E-state index in [0.717, 1.165) is 44.1 Å². The van der Waals surface area contributed by atoms with Crippen LogP contribution in [0.2, 0.25) is 0 Å². The summed E-state index contributed by atoms with van der Waals surface area (Å²) in [6, 6.07) is 8.51. The molecule has 6 heteroatoms. The molecule has 0 atom stereocenters. The van der Waals surface area contributed by atoms with Gasteiger partial charge < -0.3 is 14.2 Å². The van der Waals surface area contributed by atoms with Crippen molar-refractivity contribution in [3.8, 4) is 5.75 Å². The molecule has 1 saturated carbocycles. The Hall–Kier alpha value is -2.89. The smallest absolute Gasteiger partial charge is 0.316 e. The zero-order chi connectivity index (χ0) is 22.7. The Morgan fingerprint density at radius 1 is 1.22 bits per heavy atom. The first-order valence-corrected chi connectivity index (χ1v) is 11.7. The predicted molar refractivity (Wildman–Crippen MR) is 126 cm³/mol. The second-order valence-electron chi connectivity index (χ2n) is 9.09. The second kappa shape index (κ2) is 9.31. The topological polar surface area (TPSA) is 64.4 Å². The van der Waals surface area contributed by atoms with E-state index in [4.69, 9.17) is 4.74 Å². The van der Waals surface area contributed by atoms with Gasteiger partial charge in [-0.15, -0.1) is 0 Å². The number of carbonyl (C=O) groups excluding carboxylic acids is 1. The van der Waals surface area contributed by atoms with Crippen LogP contribution < -0.4 is 10.3 Å². The molecule has 2 aromatic rings. The van der Waals surface area contributed by atoms with Crippen LogP contribution in [-0.2, 0) is 18.4 Å². The van der Waals surface area contributed by atoms with Gasteiger partial charge in [-0.2, -0.15) is 4.98 Å². The van der Waals surface area contributed by atoms with Crippen LogP contribution in [0.4, 0.5) is 0 Å². The van der Waals surface area contributed by atoms with Crippen LogP contribution in [-0.4, -0.2) is 40.6 Å². The van der Waals surface area contributed by atoms with Crippen molar-refractivity contribution in [2.45, 2.75) is 63.8 Å². The average molecular weight is 436 g/mol. The van der Waals surface area contributed by atoms with Crippen molar-refractivity contribution in [3.05, 3.63) is 63.8 Å². The molecule has 0 N–H and O–H groups in total. The van der Waals surface area contributed by atoms with Crippen molar-refractivity contribution in [3.63, 3.8) is 0 Å². The lowest BCUT2D eigenvalue weighted by atomic mass is 9.75. The van der Waals surface area contributed by atoms with E-state index in [0.29, 0.717) is 37.6 Å². The molecule has 0 saturated heterocycles. The number of hydrogen-bond donors (Lipinski definition) is 0. The van der Waals surface area contributed by atoms with Crippen LogP contribution in [0.5, 0.6) is 5.75 Å². The highest BCUT2D eigenvalue weighted by molar-refractivity contribution is 5.95. The van der Waals surface area contributed by atoms with Crippen molar-refractivity contribution in [1.29, 1.82) is 0 Å². The number of benzene rings is 1. The number of likely N-dealkylation sites (N-methyl/N-ethyl adjacent to an activating group) is 1. The van der Waals surface area contributed by atoms with Crippen molar-refractivity contribution in [2.75, 3.05) is 20.2 Å². The minimum absolute atomic E-state index is 0.0871. The number of carbonyl (C=O) groups is 1.